The van der Waals surface area contributed by atoms with E-state index in [4.69, 9.17) is 23.2 Å². The number of carbonyl (C=O) groups is 1. The maximum absolute atomic E-state index is 12.4. The lowest BCUT2D eigenvalue weighted by Gasteiger charge is -2.09. The molecular formula is C15H10BrCl2NO. The van der Waals surface area contributed by atoms with E-state index in [1.165, 1.54) is 3.93 Å². The molecule has 2 nitrogen and oxygen atoms in total. The van der Waals surface area contributed by atoms with E-state index in [2.05, 4.69) is 16.1 Å². The zero-order chi connectivity index (χ0) is 14.3. The molecule has 2 aromatic carbocycles. The van der Waals surface area contributed by atoms with Gasteiger partial charge in [0.1, 0.15) is 0 Å². The van der Waals surface area contributed by atoms with Crippen molar-refractivity contribution in [2.75, 3.05) is 3.93 Å². The summed E-state index contributed by atoms with van der Waals surface area (Å²) in [6.45, 7) is 0. The average molecular weight is 371 g/mol. The van der Waals surface area contributed by atoms with Gasteiger partial charge in [-0.05, 0) is 41.8 Å². The van der Waals surface area contributed by atoms with Crippen molar-refractivity contribution in [2.24, 2.45) is 0 Å². The normalized spacial score (nSPS) is 17.4. The van der Waals surface area contributed by atoms with Gasteiger partial charge in [0, 0.05) is 10.0 Å². The fourth-order valence-electron chi connectivity index (χ4n) is 2.42. The Labute approximate surface area is 135 Å². The lowest BCUT2D eigenvalue weighted by atomic mass is 9.93. The summed E-state index contributed by atoms with van der Waals surface area (Å²) in [4.78, 5) is 12.4. The summed E-state index contributed by atoms with van der Waals surface area (Å²) < 4.78 is 1.49. The third-order valence-electron chi connectivity index (χ3n) is 3.42. The third kappa shape index (κ3) is 2.46. The first-order chi connectivity index (χ1) is 9.56. The quantitative estimate of drug-likeness (QED) is 0.683. The molecule has 1 atom stereocenters. The molecule has 0 spiro atoms. The number of hydrogen-bond acceptors (Lipinski definition) is 1. The third-order valence-corrected chi connectivity index (χ3v) is 4.64. The van der Waals surface area contributed by atoms with E-state index in [0.29, 0.717) is 16.5 Å². The molecule has 0 bridgehead atoms. The summed E-state index contributed by atoms with van der Waals surface area (Å²) in [5.74, 6) is -0.167. The maximum Gasteiger partial charge on any atom is 0.245 e. The predicted octanol–water partition coefficient (Wildman–Crippen LogP) is 4.98. The highest BCUT2D eigenvalue weighted by atomic mass is 79.9. The van der Waals surface area contributed by atoms with Gasteiger partial charge >= 0.3 is 0 Å². The van der Waals surface area contributed by atoms with Crippen LogP contribution in [0.4, 0.5) is 5.69 Å². The van der Waals surface area contributed by atoms with Gasteiger partial charge in [0.2, 0.25) is 5.91 Å². The molecule has 2 aromatic rings. The van der Waals surface area contributed by atoms with Gasteiger partial charge in [-0.2, -0.15) is 0 Å². The number of rotatable bonds is 2. The summed E-state index contributed by atoms with van der Waals surface area (Å²) in [6, 6.07) is 13.1. The standard InChI is InChI=1S/C15H10BrCl2NO/c16-19-14-8-11(18)5-6-12(14)13(15(19)20)7-9-1-3-10(17)4-2-9/h1-6,8,13H,7H2. The Morgan fingerprint density at radius 1 is 1.05 bits per heavy atom. The lowest BCUT2D eigenvalue weighted by molar-refractivity contribution is -0.118. The van der Waals surface area contributed by atoms with Gasteiger partial charge in [0.25, 0.3) is 0 Å². The second-order valence-corrected chi connectivity index (χ2v) is 6.29. The Morgan fingerprint density at radius 3 is 2.40 bits per heavy atom. The molecule has 0 saturated heterocycles. The van der Waals surface area contributed by atoms with Crippen molar-refractivity contribution in [1.82, 2.24) is 0 Å². The topological polar surface area (TPSA) is 20.3 Å². The van der Waals surface area contributed by atoms with E-state index in [-0.39, 0.29) is 11.8 Å². The molecule has 0 fully saturated rings. The number of fused-ring (bicyclic) bond motifs is 1. The zero-order valence-corrected chi connectivity index (χ0v) is 13.4. The van der Waals surface area contributed by atoms with Crippen molar-refractivity contribution in [2.45, 2.75) is 12.3 Å². The maximum atomic E-state index is 12.4. The minimum atomic E-state index is -0.192. The highest BCUT2D eigenvalue weighted by molar-refractivity contribution is 9.10. The SMILES string of the molecule is O=C1C(Cc2ccc(Cl)cc2)c2ccc(Cl)cc2N1Br. The largest absolute Gasteiger partial charge is 0.273 e. The van der Waals surface area contributed by atoms with Gasteiger partial charge in [-0.1, -0.05) is 41.4 Å². The lowest BCUT2D eigenvalue weighted by Crippen LogP contribution is -2.19. The molecule has 0 radical (unpaired) electrons. The second kappa shape index (κ2) is 5.40. The highest BCUT2D eigenvalue weighted by Crippen LogP contribution is 2.42. The molecule has 102 valence electrons. The van der Waals surface area contributed by atoms with Gasteiger partial charge in [0.15, 0.2) is 0 Å². The first-order valence-corrected chi connectivity index (χ1v) is 7.56. The second-order valence-electron chi connectivity index (χ2n) is 4.71. The van der Waals surface area contributed by atoms with Gasteiger partial charge in [-0.15, -0.1) is 0 Å². The van der Waals surface area contributed by atoms with E-state index in [0.717, 1.165) is 16.8 Å². The van der Waals surface area contributed by atoms with Crippen LogP contribution in [0.5, 0.6) is 0 Å². The summed E-state index contributed by atoms with van der Waals surface area (Å²) in [6.07, 6.45) is 0.646. The number of benzene rings is 2. The van der Waals surface area contributed by atoms with Crippen molar-refractivity contribution in [3.63, 3.8) is 0 Å². The summed E-state index contributed by atoms with van der Waals surface area (Å²) in [5, 5.41) is 1.31. The van der Waals surface area contributed by atoms with Gasteiger partial charge in [-0.3, -0.25) is 4.79 Å². The van der Waals surface area contributed by atoms with Crippen LogP contribution in [0.1, 0.15) is 17.0 Å². The molecule has 0 aromatic heterocycles. The zero-order valence-electron chi connectivity index (χ0n) is 10.3. The van der Waals surface area contributed by atoms with Crippen LogP contribution in [0.15, 0.2) is 42.5 Å². The van der Waals surface area contributed by atoms with Crippen LogP contribution < -0.4 is 3.93 Å². The molecule has 0 aliphatic carbocycles. The van der Waals surface area contributed by atoms with Crippen molar-refractivity contribution < 1.29 is 4.79 Å². The van der Waals surface area contributed by atoms with E-state index < -0.39 is 0 Å². The van der Waals surface area contributed by atoms with Crippen LogP contribution in [-0.4, -0.2) is 5.91 Å². The minimum absolute atomic E-state index is 0.0252. The fourth-order valence-corrected chi connectivity index (χ4v) is 3.27. The van der Waals surface area contributed by atoms with Crippen LogP contribution in [-0.2, 0) is 11.2 Å². The van der Waals surface area contributed by atoms with Gasteiger partial charge in [-0.25, -0.2) is 3.93 Å². The molecular weight excluding hydrogens is 361 g/mol. The monoisotopic (exact) mass is 369 g/mol. The molecule has 3 rings (SSSR count). The minimum Gasteiger partial charge on any atom is -0.273 e. The van der Waals surface area contributed by atoms with Crippen LogP contribution in [0, 0.1) is 0 Å². The molecule has 1 unspecified atom stereocenters. The number of carbonyl (C=O) groups excluding carboxylic acids is 1. The van der Waals surface area contributed by atoms with Crippen LogP contribution in [0.25, 0.3) is 0 Å². The smallest absolute Gasteiger partial charge is 0.245 e. The molecule has 1 aliphatic rings. The number of anilines is 1. The van der Waals surface area contributed by atoms with E-state index in [1.807, 2.05) is 36.4 Å². The predicted molar refractivity (Wildman–Crippen MR) is 85.8 cm³/mol. The molecule has 20 heavy (non-hydrogen) atoms. The fraction of sp³-hybridized carbons (Fsp3) is 0.133. The van der Waals surface area contributed by atoms with Crippen molar-refractivity contribution in [3.8, 4) is 0 Å². The summed E-state index contributed by atoms with van der Waals surface area (Å²) in [5.41, 5.74) is 2.89. The molecule has 0 N–H and O–H groups in total. The Kier molecular flexibility index (Phi) is 3.76. The van der Waals surface area contributed by atoms with E-state index in [9.17, 15) is 4.79 Å². The summed E-state index contributed by atoms with van der Waals surface area (Å²) >= 11 is 15.2. The molecule has 1 aliphatic heterocycles. The molecule has 5 heteroatoms. The van der Waals surface area contributed by atoms with Crippen LogP contribution in [0.3, 0.4) is 0 Å². The highest BCUT2D eigenvalue weighted by Gasteiger charge is 2.36. The Balaban J connectivity index is 1.95. The Morgan fingerprint density at radius 2 is 1.70 bits per heavy atom. The Bertz CT molecular complexity index is 672. The van der Waals surface area contributed by atoms with Gasteiger partial charge in [0.05, 0.1) is 27.8 Å². The van der Waals surface area contributed by atoms with Crippen molar-refractivity contribution in [3.05, 3.63) is 63.6 Å². The molecule has 1 amide bonds. The number of hydrogen-bond donors (Lipinski definition) is 0. The first kappa shape index (κ1) is 13.9. The molecule has 0 saturated carbocycles. The van der Waals surface area contributed by atoms with Crippen LogP contribution >= 0.6 is 39.3 Å². The van der Waals surface area contributed by atoms with E-state index in [1.54, 1.807) is 6.07 Å². The Hall–Kier alpha value is -1.03. The van der Waals surface area contributed by atoms with Gasteiger partial charge < -0.3 is 0 Å². The van der Waals surface area contributed by atoms with Crippen LogP contribution in [0.2, 0.25) is 10.0 Å². The van der Waals surface area contributed by atoms with Crippen molar-refractivity contribution >= 4 is 50.9 Å². The average Bonchev–Trinajstić information content (AvgIpc) is 2.66. The number of nitrogens with zero attached hydrogens (tertiary/aromatic N) is 1. The number of halogens is 3. The number of amides is 1. The first-order valence-electron chi connectivity index (χ1n) is 6.10. The summed E-state index contributed by atoms with van der Waals surface area (Å²) in [7, 11) is 0. The van der Waals surface area contributed by atoms with Crippen molar-refractivity contribution in [1.29, 1.82) is 0 Å². The van der Waals surface area contributed by atoms with E-state index >= 15 is 0 Å². The molecule has 1 heterocycles.